The molecule has 26 heavy (non-hydrogen) atoms. The number of carboxylic acids is 1. The third-order valence-electron chi connectivity index (χ3n) is 3.67. The number of aromatic carboxylic acids is 1. The van der Waals surface area contributed by atoms with Gasteiger partial charge >= 0.3 is 18.0 Å². The lowest BCUT2D eigenvalue weighted by atomic mass is 10.1. The molecule has 0 bridgehead atoms. The van der Waals surface area contributed by atoms with Gasteiger partial charge in [0.25, 0.3) is 0 Å². The van der Waals surface area contributed by atoms with Crippen LogP contribution in [0.1, 0.15) is 15.9 Å². The molecule has 2 amide bonds. The van der Waals surface area contributed by atoms with E-state index in [4.69, 9.17) is 14.6 Å². The molecule has 0 radical (unpaired) electrons. The van der Waals surface area contributed by atoms with Crippen molar-refractivity contribution in [3.05, 3.63) is 59.4 Å². The maximum absolute atomic E-state index is 12.5. The number of ether oxygens (including phenoxy) is 2. The van der Waals surface area contributed by atoms with Gasteiger partial charge in [-0.25, -0.2) is 14.5 Å². The summed E-state index contributed by atoms with van der Waals surface area (Å²) in [5.41, 5.74) is 0.261. The molecule has 0 saturated carbocycles. The quantitative estimate of drug-likeness (QED) is 0.810. The number of imide groups is 1. The fourth-order valence-corrected chi connectivity index (χ4v) is 2.39. The lowest BCUT2D eigenvalue weighted by molar-refractivity contribution is -0.114. The molecule has 0 spiro atoms. The van der Waals surface area contributed by atoms with E-state index < -0.39 is 23.7 Å². The molecular formula is C18H13NO7. The lowest BCUT2D eigenvalue weighted by Crippen LogP contribution is -2.28. The van der Waals surface area contributed by atoms with E-state index in [1.807, 2.05) is 0 Å². The second kappa shape index (κ2) is 6.60. The van der Waals surface area contributed by atoms with Crippen molar-refractivity contribution in [1.29, 1.82) is 0 Å². The van der Waals surface area contributed by atoms with Gasteiger partial charge in [-0.1, -0.05) is 6.07 Å². The van der Waals surface area contributed by atoms with Crippen molar-refractivity contribution < 1.29 is 34.1 Å². The molecule has 3 rings (SSSR count). The van der Waals surface area contributed by atoms with Crippen LogP contribution in [-0.2, 0) is 9.53 Å². The number of cyclic esters (lactones) is 1. The monoisotopic (exact) mass is 355 g/mol. The van der Waals surface area contributed by atoms with Crippen molar-refractivity contribution in [3.8, 4) is 11.5 Å². The van der Waals surface area contributed by atoms with Crippen molar-refractivity contribution in [1.82, 2.24) is 0 Å². The van der Waals surface area contributed by atoms with Gasteiger partial charge in [-0.2, -0.15) is 0 Å². The molecule has 0 aromatic heterocycles. The van der Waals surface area contributed by atoms with Gasteiger partial charge in [-0.05, 0) is 48.0 Å². The maximum atomic E-state index is 12.5. The highest BCUT2D eigenvalue weighted by molar-refractivity contribution is 6.24. The summed E-state index contributed by atoms with van der Waals surface area (Å²) in [6.07, 6.45) is 0.360. The Labute approximate surface area is 147 Å². The van der Waals surface area contributed by atoms with Gasteiger partial charge in [0.1, 0.15) is 17.1 Å². The number of carboxylic acid groups (broad SMARTS) is 1. The molecule has 132 valence electrons. The van der Waals surface area contributed by atoms with Crippen LogP contribution >= 0.6 is 0 Å². The fraction of sp³-hybridized carbons (Fsp3) is 0.0556. The van der Waals surface area contributed by atoms with Gasteiger partial charge in [0, 0.05) is 0 Å². The zero-order valence-electron chi connectivity index (χ0n) is 13.5. The minimum absolute atomic E-state index is 0.257. The molecule has 0 atom stereocenters. The summed E-state index contributed by atoms with van der Waals surface area (Å²) in [6.45, 7) is 0. The van der Waals surface area contributed by atoms with Crippen LogP contribution in [-0.4, -0.2) is 35.3 Å². The summed E-state index contributed by atoms with van der Waals surface area (Å²) in [4.78, 5) is 36.4. The molecular weight excluding hydrogens is 342 g/mol. The van der Waals surface area contributed by atoms with Crippen molar-refractivity contribution in [2.75, 3.05) is 12.0 Å². The molecule has 8 heteroatoms. The number of amides is 2. The van der Waals surface area contributed by atoms with Crippen LogP contribution in [0.25, 0.3) is 6.08 Å². The standard InChI is InChI=1S/C18H13NO7/c1-25-12-5-3-11(4-6-12)19-16(21)15(26-18(19)24)9-10-2-7-14(20)13(8-10)17(22)23/h2-9,20H,1H3,(H,22,23)/b15-9-. The van der Waals surface area contributed by atoms with Crippen LogP contribution in [0.4, 0.5) is 10.5 Å². The average molecular weight is 355 g/mol. The zero-order chi connectivity index (χ0) is 18.8. The molecule has 8 nitrogen and oxygen atoms in total. The van der Waals surface area contributed by atoms with Crippen LogP contribution in [0.15, 0.2) is 48.2 Å². The SMILES string of the molecule is COc1ccc(N2C(=O)O/C(=C\c3ccc(O)c(C(=O)O)c3)C2=O)cc1. The highest BCUT2D eigenvalue weighted by Crippen LogP contribution is 2.28. The number of rotatable bonds is 4. The Bertz CT molecular complexity index is 931. The van der Waals surface area contributed by atoms with Crippen LogP contribution in [0, 0.1) is 0 Å². The summed E-state index contributed by atoms with van der Waals surface area (Å²) < 4.78 is 10.0. The van der Waals surface area contributed by atoms with E-state index >= 15 is 0 Å². The van der Waals surface area contributed by atoms with E-state index in [0.717, 1.165) is 4.90 Å². The van der Waals surface area contributed by atoms with Gasteiger partial charge in [0.15, 0.2) is 5.76 Å². The number of carbonyl (C=O) groups is 3. The minimum atomic E-state index is -1.32. The number of hydrogen-bond donors (Lipinski definition) is 2. The Kier molecular flexibility index (Phi) is 4.32. The van der Waals surface area contributed by atoms with E-state index in [1.165, 1.54) is 43.5 Å². The second-order valence-corrected chi connectivity index (χ2v) is 5.30. The number of nitrogens with zero attached hydrogens (tertiary/aromatic N) is 1. The van der Waals surface area contributed by atoms with E-state index in [9.17, 15) is 19.5 Å². The Morgan fingerprint density at radius 3 is 2.46 bits per heavy atom. The average Bonchev–Trinajstić information content (AvgIpc) is 2.90. The van der Waals surface area contributed by atoms with Crippen LogP contribution in [0.5, 0.6) is 11.5 Å². The Hall–Kier alpha value is -3.81. The molecule has 0 aliphatic carbocycles. The third kappa shape index (κ3) is 3.07. The van der Waals surface area contributed by atoms with E-state index in [-0.39, 0.29) is 16.9 Å². The normalized spacial score (nSPS) is 15.3. The van der Waals surface area contributed by atoms with Crippen molar-refractivity contribution in [3.63, 3.8) is 0 Å². The number of aromatic hydroxyl groups is 1. The summed E-state index contributed by atoms with van der Waals surface area (Å²) in [7, 11) is 1.49. The molecule has 1 aliphatic heterocycles. The van der Waals surface area contributed by atoms with Gasteiger partial charge in [0.2, 0.25) is 0 Å². The molecule has 1 fully saturated rings. The Balaban J connectivity index is 1.92. The third-order valence-corrected chi connectivity index (χ3v) is 3.67. The number of hydrogen-bond acceptors (Lipinski definition) is 6. The Morgan fingerprint density at radius 2 is 1.85 bits per heavy atom. The lowest BCUT2D eigenvalue weighted by Gasteiger charge is -2.10. The topological polar surface area (TPSA) is 113 Å². The Morgan fingerprint density at radius 1 is 1.15 bits per heavy atom. The molecule has 1 aliphatic rings. The smallest absolute Gasteiger partial charge is 0.427 e. The minimum Gasteiger partial charge on any atom is -0.507 e. The molecule has 1 heterocycles. The molecule has 0 unspecified atom stereocenters. The van der Waals surface area contributed by atoms with E-state index in [2.05, 4.69) is 0 Å². The number of methoxy groups -OCH3 is 1. The van der Waals surface area contributed by atoms with Crippen LogP contribution in [0.3, 0.4) is 0 Å². The van der Waals surface area contributed by atoms with Gasteiger partial charge < -0.3 is 19.7 Å². The van der Waals surface area contributed by atoms with E-state index in [0.29, 0.717) is 11.4 Å². The van der Waals surface area contributed by atoms with Gasteiger partial charge in [-0.3, -0.25) is 4.79 Å². The molecule has 2 aromatic carbocycles. The number of phenols is 1. The summed E-state index contributed by atoms with van der Waals surface area (Å²) in [6, 6.07) is 9.99. The number of carbonyl (C=O) groups excluding carboxylic acids is 2. The van der Waals surface area contributed by atoms with Crippen LogP contribution in [0.2, 0.25) is 0 Å². The molecule has 2 aromatic rings. The predicted octanol–water partition coefficient (Wildman–Crippen LogP) is 2.62. The first-order valence-corrected chi connectivity index (χ1v) is 7.39. The highest BCUT2D eigenvalue weighted by atomic mass is 16.6. The predicted molar refractivity (Wildman–Crippen MR) is 90.0 cm³/mol. The first kappa shape index (κ1) is 17.0. The summed E-state index contributed by atoms with van der Waals surface area (Å²) in [5.74, 6) is -2.11. The largest absolute Gasteiger partial charge is 0.507 e. The van der Waals surface area contributed by atoms with Crippen molar-refractivity contribution >= 4 is 29.7 Å². The molecule has 1 saturated heterocycles. The van der Waals surface area contributed by atoms with Crippen LogP contribution < -0.4 is 9.64 Å². The number of benzene rings is 2. The zero-order valence-corrected chi connectivity index (χ0v) is 13.5. The fourth-order valence-electron chi connectivity index (χ4n) is 2.39. The second-order valence-electron chi connectivity index (χ2n) is 5.30. The maximum Gasteiger partial charge on any atom is 0.427 e. The van der Waals surface area contributed by atoms with Gasteiger partial charge in [0.05, 0.1) is 12.8 Å². The van der Waals surface area contributed by atoms with Crippen molar-refractivity contribution in [2.24, 2.45) is 0 Å². The highest BCUT2D eigenvalue weighted by Gasteiger charge is 2.37. The van der Waals surface area contributed by atoms with E-state index in [1.54, 1.807) is 12.1 Å². The summed E-state index contributed by atoms with van der Waals surface area (Å²) in [5, 5.41) is 18.5. The van der Waals surface area contributed by atoms with Crippen molar-refractivity contribution in [2.45, 2.75) is 0 Å². The van der Waals surface area contributed by atoms with Gasteiger partial charge in [-0.15, -0.1) is 0 Å². The number of anilines is 1. The molecule has 2 N–H and O–H groups in total. The first-order chi connectivity index (χ1) is 12.4. The summed E-state index contributed by atoms with van der Waals surface area (Å²) >= 11 is 0. The first-order valence-electron chi connectivity index (χ1n) is 7.39.